The Balaban J connectivity index is 2.21. The maximum Gasteiger partial charge on any atom is 0.251 e. The van der Waals surface area contributed by atoms with Crippen LogP contribution in [0.25, 0.3) is 0 Å². The van der Waals surface area contributed by atoms with Crippen molar-refractivity contribution >= 4 is 11.8 Å². The summed E-state index contributed by atoms with van der Waals surface area (Å²) in [6, 6.07) is 9.66. The van der Waals surface area contributed by atoms with Gasteiger partial charge in [-0.15, -0.1) is 0 Å². The molecule has 1 aromatic carbocycles. The van der Waals surface area contributed by atoms with Crippen LogP contribution in [0.5, 0.6) is 0 Å². The molecule has 0 fully saturated rings. The largest absolute Gasteiger partial charge is 0.308 e. The van der Waals surface area contributed by atoms with Crippen molar-refractivity contribution in [3.05, 3.63) is 51.9 Å². The number of aromatic amines is 1. The first kappa shape index (κ1) is 15.8. The van der Waals surface area contributed by atoms with Gasteiger partial charge >= 0.3 is 0 Å². The van der Waals surface area contributed by atoms with Gasteiger partial charge in [-0.05, 0) is 39.3 Å². The van der Waals surface area contributed by atoms with E-state index in [-0.39, 0.29) is 11.1 Å². The molecule has 0 spiro atoms. The molecule has 0 unspecified atom stereocenters. The van der Waals surface area contributed by atoms with Crippen molar-refractivity contribution in [1.82, 2.24) is 15.3 Å². The fourth-order valence-corrected chi connectivity index (χ4v) is 2.78. The van der Waals surface area contributed by atoms with Crippen LogP contribution in [0.15, 0.2) is 45.2 Å². The predicted octanol–water partition coefficient (Wildman–Crippen LogP) is 3.12. The molecule has 4 nitrogen and oxygen atoms in total. The number of H-pyrrole nitrogens is 1. The minimum atomic E-state index is -0.115. The highest BCUT2D eigenvalue weighted by Gasteiger charge is 2.11. The molecule has 2 N–H and O–H groups in total. The number of hydrogen-bond acceptors (Lipinski definition) is 4. The van der Waals surface area contributed by atoms with Crippen LogP contribution < -0.4 is 10.9 Å². The summed E-state index contributed by atoms with van der Waals surface area (Å²) in [6.07, 6.45) is 0. The van der Waals surface area contributed by atoms with E-state index in [0.717, 1.165) is 17.1 Å². The summed E-state index contributed by atoms with van der Waals surface area (Å²) in [4.78, 5) is 19.8. The van der Waals surface area contributed by atoms with Gasteiger partial charge in [0.15, 0.2) is 5.16 Å². The number of benzene rings is 1. The van der Waals surface area contributed by atoms with E-state index in [9.17, 15) is 4.79 Å². The molecule has 0 aliphatic rings. The highest BCUT2D eigenvalue weighted by Crippen LogP contribution is 2.27. The van der Waals surface area contributed by atoms with E-state index in [0.29, 0.717) is 5.16 Å². The molecule has 0 aliphatic heterocycles. The fourth-order valence-electron chi connectivity index (χ4n) is 1.81. The van der Waals surface area contributed by atoms with E-state index in [4.69, 9.17) is 0 Å². The van der Waals surface area contributed by atoms with Crippen LogP contribution in [0, 0.1) is 6.92 Å². The van der Waals surface area contributed by atoms with Gasteiger partial charge in [0.05, 0.1) is 0 Å². The Morgan fingerprint density at radius 3 is 2.67 bits per heavy atom. The molecule has 0 atom stereocenters. The molecule has 2 aromatic rings. The molecule has 5 heteroatoms. The SMILES string of the molecule is Cc1cc(=O)[nH]c(Sc2ccccc2CNC(C)(C)C)n1. The molecule has 0 saturated heterocycles. The van der Waals surface area contributed by atoms with E-state index in [1.54, 1.807) is 0 Å². The molecule has 0 saturated carbocycles. The summed E-state index contributed by atoms with van der Waals surface area (Å²) in [5.74, 6) is 0. The van der Waals surface area contributed by atoms with Crippen molar-refractivity contribution in [2.75, 3.05) is 0 Å². The van der Waals surface area contributed by atoms with E-state index in [2.05, 4.69) is 42.1 Å². The number of rotatable bonds is 4. The molecule has 21 heavy (non-hydrogen) atoms. The van der Waals surface area contributed by atoms with Crippen LogP contribution in [0.1, 0.15) is 32.0 Å². The fraction of sp³-hybridized carbons (Fsp3) is 0.375. The standard InChI is InChI=1S/C16H21N3OS/c1-11-9-14(20)19-15(18-11)21-13-8-6-5-7-12(13)10-17-16(2,3)4/h5-9,17H,10H2,1-4H3,(H,18,19,20). The number of aryl methyl sites for hydroxylation is 1. The second-order valence-electron chi connectivity index (χ2n) is 6.01. The predicted molar refractivity (Wildman–Crippen MR) is 86.8 cm³/mol. The summed E-state index contributed by atoms with van der Waals surface area (Å²) in [5.41, 5.74) is 1.87. The minimum absolute atomic E-state index is 0.0632. The Morgan fingerprint density at radius 2 is 2.00 bits per heavy atom. The van der Waals surface area contributed by atoms with E-state index >= 15 is 0 Å². The molecule has 112 valence electrons. The zero-order valence-corrected chi connectivity index (χ0v) is 13.7. The van der Waals surface area contributed by atoms with Gasteiger partial charge in [-0.25, -0.2) is 4.98 Å². The molecular formula is C16H21N3OS. The quantitative estimate of drug-likeness (QED) is 0.852. The van der Waals surface area contributed by atoms with Crippen LogP contribution >= 0.6 is 11.8 Å². The Hall–Kier alpha value is -1.59. The first-order valence-electron chi connectivity index (χ1n) is 6.92. The first-order chi connectivity index (χ1) is 9.83. The first-order valence-corrected chi connectivity index (χ1v) is 7.74. The topological polar surface area (TPSA) is 57.8 Å². The monoisotopic (exact) mass is 303 g/mol. The maximum absolute atomic E-state index is 11.5. The van der Waals surface area contributed by atoms with Gasteiger partial charge in [-0.1, -0.05) is 30.0 Å². The number of aromatic nitrogens is 2. The molecule has 1 heterocycles. The number of nitrogens with zero attached hydrogens (tertiary/aromatic N) is 1. The number of hydrogen-bond donors (Lipinski definition) is 2. The molecule has 0 bridgehead atoms. The van der Waals surface area contributed by atoms with Crippen molar-refractivity contribution in [1.29, 1.82) is 0 Å². The minimum Gasteiger partial charge on any atom is -0.308 e. The Bertz CT molecular complexity index is 674. The van der Waals surface area contributed by atoms with Crippen LogP contribution in [0.4, 0.5) is 0 Å². The van der Waals surface area contributed by atoms with Crippen molar-refractivity contribution in [2.45, 2.75) is 49.8 Å². The van der Waals surface area contributed by atoms with Gasteiger partial charge in [0.2, 0.25) is 0 Å². The van der Waals surface area contributed by atoms with Crippen LogP contribution in [0.2, 0.25) is 0 Å². The molecular weight excluding hydrogens is 282 g/mol. The zero-order chi connectivity index (χ0) is 15.5. The Labute approximate surface area is 129 Å². The third kappa shape index (κ3) is 5.02. The van der Waals surface area contributed by atoms with E-state index in [1.807, 2.05) is 25.1 Å². The molecule has 0 amide bonds. The molecule has 2 rings (SSSR count). The van der Waals surface area contributed by atoms with Gasteiger partial charge in [0, 0.05) is 28.7 Å². The van der Waals surface area contributed by atoms with Crippen LogP contribution in [-0.2, 0) is 6.54 Å². The molecule has 0 radical (unpaired) electrons. The lowest BCUT2D eigenvalue weighted by molar-refractivity contribution is 0.422. The summed E-state index contributed by atoms with van der Waals surface area (Å²) in [5, 5.41) is 4.11. The van der Waals surface area contributed by atoms with E-state index in [1.165, 1.54) is 23.4 Å². The van der Waals surface area contributed by atoms with Gasteiger partial charge in [0.1, 0.15) is 0 Å². The van der Waals surface area contributed by atoms with E-state index < -0.39 is 0 Å². The Morgan fingerprint density at radius 1 is 1.29 bits per heavy atom. The third-order valence-corrected chi connectivity index (χ3v) is 3.84. The van der Waals surface area contributed by atoms with Crippen LogP contribution in [-0.4, -0.2) is 15.5 Å². The second kappa shape index (κ2) is 6.45. The average molecular weight is 303 g/mol. The average Bonchev–Trinajstić information content (AvgIpc) is 2.35. The third-order valence-electron chi connectivity index (χ3n) is 2.84. The van der Waals surface area contributed by atoms with Crippen molar-refractivity contribution in [3.8, 4) is 0 Å². The lowest BCUT2D eigenvalue weighted by Crippen LogP contribution is -2.35. The smallest absolute Gasteiger partial charge is 0.251 e. The second-order valence-corrected chi connectivity index (χ2v) is 7.04. The lowest BCUT2D eigenvalue weighted by Gasteiger charge is -2.21. The van der Waals surface area contributed by atoms with Crippen LogP contribution in [0.3, 0.4) is 0 Å². The summed E-state index contributed by atoms with van der Waals surface area (Å²) < 4.78 is 0. The summed E-state index contributed by atoms with van der Waals surface area (Å²) in [7, 11) is 0. The van der Waals surface area contributed by atoms with Gasteiger partial charge in [-0.2, -0.15) is 0 Å². The summed E-state index contributed by atoms with van der Waals surface area (Å²) in [6.45, 7) is 9.03. The summed E-state index contributed by atoms with van der Waals surface area (Å²) >= 11 is 1.49. The van der Waals surface area contributed by atoms with Crippen molar-refractivity contribution in [3.63, 3.8) is 0 Å². The zero-order valence-electron chi connectivity index (χ0n) is 12.9. The molecule has 1 aromatic heterocycles. The van der Waals surface area contributed by atoms with Crippen molar-refractivity contribution in [2.24, 2.45) is 0 Å². The maximum atomic E-state index is 11.5. The van der Waals surface area contributed by atoms with Crippen molar-refractivity contribution < 1.29 is 0 Å². The molecule has 0 aliphatic carbocycles. The van der Waals surface area contributed by atoms with Gasteiger partial charge in [-0.3, -0.25) is 4.79 Å². The van der Waals surface area contributed by atoms with Gasteiger partial charge < -0.3 is 10.3 Å². The van der Waals surface area contributed by atoms with Gasteiger partial charge in [0.25, 0.3) is 5.56 Å². The number of nitrogens with one attached hydrogen (secondary N) is 2. The lowest BCUT2D eigenvalue weighted by atomic mass is 10.1. The Kier molecular flexibility index (Phi) is 4.85. The highest BCUT2D eigenvalue weighted by molar-refractivity contribution is 7.99. The normalized spacial score (nSPS) is 11.6. The highest BCUT2D eigenvalue weighted by atomic mass is 32.2.